The summed E-state index contributed by atoms with van der Waals surface area (Å²) in [4.78, 5) is 2.41. The van der Waals surface area contributed by atoms with Gasteiger partial charge in [0.05, 0.1) is 0 Å². The van der Waals surface area contributed by atoms with Crippen molar-refractivity contribution in [3.63, 3.8) is 0 Å². The molecule has 0 saturated carbocycles. The first-order valence-corrected chi connectivity index (χ1v) is 11.6. The Labute approximate surface area is 187 Å². The van der Waals surface area contributed by atoms with Crippen LogP contribution in [0.4, 0.5) is 0 Å². The van der Waals surface area contributed by atoms with Crippen molar-refractivity contribution in [2.75, 3.05) is 19.8 Å². The number of benzene rings is 3. The van der Waals surface area contributed by atoms with Gasteiger partial charge in [-0.15, -0.1) is 0 Å². The molecule has 1 fully saturated rings. The molecule has 2 heteroatoms. The second-order valence-corrected chi connectivity index (χ2v) is 8.32. The van der Waals surface area contributed by atoms with Gasteiger partial charge in [-0.05, 0) is 65.7 Å². The molecule has 1 aliphatic heterocycles. The van der Waals surface area contributed by atoms with E-state index in [1.807, 2.05) is 0 Å². The summed E-state index contributed by atoms with van der Waals surface area (Å²) in [6.07, 6.45) is 5.85. The normalized spacial score (nSPS) is 15.4. The van der Waals surface area contributed by atoms with Crippen LogP contribution >= 0.6 is 0 Å². The second kappa shape index (κ2) is 11.0. The van der Waals surface area contributed by atoms with Gasteiger partial charge in [0.2, 0.25) is 0 Å². The minimum atomic E-state index is 0.691. The molecule has 0 aromatic heterocycles. The van der Waals surface area contributed by atoms with Crippen molar-refractivity contribution in [1.82, 2.24) is 4.90 Å². The Morgan fingerprint density at radius 2 is 1.32 bits per heavy atom. The molecule has 0 radical (unpaired) electrons. The third-order valence-electron chi connectivity index (χ3n) is 6.13. The lowest BCUT2D eigenvalue weighted by molar-refractivity contribution is 0.106. The number of piperidine rings is 1. The van der Waals surface area contributed by atoms with E-state index in [-0.39, 0.29) is 0 Å². The smallest absolute Gasteiger partial charge is 0.142 e. The van der Waals surface area contributed by atoms with E-state index in [0.29, 0.717) is 6.73 Å². The van der Waals surface area contributed by atoms with Crippen molar-refractivity contribution in [1.29, 1.82) is 0 Å². The van der Waals surface area contributed by atoms with E-state index in [1.165, 1.54) is 47.1 Å². The lowest BCUT2D eigenvalue weighted by Gasteiger charge is -2.26. The molecule has 4 rings (SSSR count). The summed E-state index contributed by atoms with van der Waals surface area (Å²) in [6.45, 7) is 5.25. The van der Waals surface area contributed by atoms with Crippen molar-refractivity contribution >= 4 is 11.1 Å². The average molecular weight is 412 g/mol. The first kappa shape index (κ1) is 21.4. The largest absolute Gasteiger partial charge is 0.478 e. The number of ether oxygens (including phenoxy) is 1. The number of hydrogen-bond donors (Lipinski definition) is 0. The summed E-state index contributed by atoms with van der Waals surface area (Å²) in [5.41, 5.74) is 6.72. The standard InChI is InChI=1S/C29H33NO/c1-2-28(25-14-8-4-9-15-25)29(22-24-12-6-3-7-13-24)26-16-18-27(19-17-26)31-23-30-20-10-5-11-21-30/h3-4,6-9,12-19H,2,5,10-11,20-23H2,1H3/b29-28-. The molecule has 0 spiro atoms. The monoisotopic (exact) mass is 411 g/mol. The molecular formula is C29H33NO. The molecule has 0 atom stereocenters. The van der Waals surface area contributed by atoms with E-state index in [4.69, 9.17) is 4.74 Å². The molecule has 1 aliphatic rings. The number of rotatable bonds is 8. The fraction of sp³-hybridized carbons (Fsp3) is 0.310. The van der Waals surface area contributed by atoms with Crippen LogP contribution in [-0.2, 0) is 6.42 Å². The summed E-state index contributed by atoms with van der Waals surface area (Å²) in [5, 5.41) is 0. The summed E-state index contributed by atoms with van der Waals surface area (Å²) in [5.74, 6) is 0.950. The summed E-state index contributed by atoms with van der Waals surface area (Å²) in [7, 11) is 0. The zero-order valence-electron chi connectivity index (χ0n) is 18.6. The molecular weight excluding hydrogens is 378 g/mol. The Hall–Kier alpha value is -2.84. The van der Waals surface area contributed by atoms with E-state index in [0.717, 1.165) is 31.7 Å². The second-order valence-electron chi connectivity index (χ2n) is 8.32. The molecule has 0 bridgehead atoms. The molecule has 0 N–H and O–H groups in total. The van der Waals surface area contributed by atoms with Gasteiger partial charge in [0.1, 0.15) is 12.5 Å². The van der Waals surface area contributed by atoms with Gasteiger partial charge in [0.25, 0.3) is 0 Å². The molecule has 160 valence electrons. The highest BCUT2D eigenvalue weighted by Gasteiger charge is 2.13. The molecule has 1 heterocycles. The van der Waals surface area contributed by atoms with Crippen LogP contribution < -0.4 is 4.74 Å². The molecule has 0 unspecified atom stereocenters. The maximum Gasteiger partial charge on any atom is 0.142 e. The molecule has 0 aliphatic carbocycles. The number of nitrogens with zero attached hydrogens (tertiary/aromatic N) is 1. The van der Waals surface area contributed by atoms with Gasteiger partial charge in [-0.2, -0.15) is 0 Å². The molecule has 1 saturated heterocycles. The highest BCUT2D eigenvalue weighted by atomic mass is 16.5. The van der Waals surface area contributed by atoms with Crippen LogP contribution in [0.25, 0.3) is 11.1 Å². The van der Waals surface area contributed by atoms with Crippen LogP contribution in [0, 0.1) is 0 Å². The van der Waals surface area contributed by atoms with Crippen molar-refractivity contribution in [3.8, 4) is 5.75 Å². The third-order valence-corrected chi connectivity index (χ3v) is 6.13. The van der Waals surface area contributed by atoms with E-state index in [2.05, 4.69) is 96.8 Å². The van der Waals surface area contributed by atoms with E-state index in [1.54, 1.807) is 0 Å². The molecule has 3 aromatic carbocycles. The SMILES string of the molecule is CC/C(=C(\Cc1ccccc1)c1ccc(OCN2CCCCC2)cc1)c1ccccc1. The van der Waals surface area contributed by atoms with Gasteiger partial charge in [-0.25, -0.2) is 0 Å². The highest BCUT2D eigenvalue weighted by molar-refractivity contribution is 5.91. The van der Waals surface area contributed by atoms with Gasteiger partial charge in [-0.3, -0.25) is 4.90 Å². The Bertz CT molecular complexity index is 955. The minimum Gasteiger partial charge on any atom is -0.478 e. The number of allylic oxidation sites excluding steroid dienone is 2. The van der Waals surface area contributed by atoms with E-state index < -0.39 is 0 Å². The van der Waals surface area contributed by atoms with E-state index in [9.17, 15) is 0 Å². The predicted molar refractivity (Wildman–Crippen MR) is 131 cm³/mol. The first-order chi connectivity index (χ1) is 15.3. The fourth-order valence-electron chi connectivity index (χ4n) is 4.42. The summed E-state index contributed by atoms with van der Waals surface area (Å²) in [6, 6.07) is 30.3. The van der Waals surface area contributed by atoms with Crippen LogP contribution in [-0.4, -0.2) is 24.7 Å². The van der Waals surface area contributed by atoms with Gasteiger partial charge in [0.15, 0.2) is 0 Å². The lowest BCUT2D eigenvalue weighted by atomic mass is 9.89. The van der Waals surface area contributed by atoms with Crippen LogP contribution in [0.5, 0.6) is 5.75 Å². The van der Waals surface area contributed by atoms with Crippen molar-refractivity contribution in [2.45, 2.75) is 39.0 Å². The maximum atomic E-state index is 6.08. The Balaban J connectivity index is 1.59. The number of hydrogen-bond acceptors (Lipinski definition) is 2. The van der Waals surface area contributed by atoms with Crippen molar-refractivity contribution in [2.24, 2.45) is 0 Å². The van der Waals surface area contributed by atoms with Gasteiger partial charge in [-0.1, -0.05) is 86.1 Å². The topological polar surface area (TPSA) is 12.5 Å². The van der Waals surface area contributed by atoms with Crippen LogP contribution in [0.15, 0.2) is 84.9 Å². The Kier molecular flexibility index (Phi) is 7.57. The highest BCUT2D eigenvalue weighted by Crippen LogP contribution is 2.32. The van der Waals surface area contributed by atoms with Gasteiger partial charge in [0, 0.05) is 13.1 Å². The van der Waals surface area contributed by atoms with Crippen LogP contribution in [0.2, 0.25) is 0 Å². The Morgan fingerprint density at radius 3 is 1.97 bits per heavy atom. The molecule has 2 nitrogen and oxygen atoms in total. The lowest BCUT2D eigenvalue weighted by Crippen LogP contribution is -2.33. The van der Waals surface area contributed by atoms with Crippen LogP contribution in [0.1, 0.15) is 49.3 Å². The van der Waals surface area contributed by atoms with Crippen molar-refractivity contribution in [3.05, 3.63) is 102 Å². The van der Waals surface area contributed by atoms with E-state index >= 15 is 0 Å². The van der Waals surface area contributed by atoms with Gasteiger partial charge >= 0.3 is 0 Å². The van der Waals surface area contributed by atoms with Crippen LogP contribution in [0.3, 0.4) is 0 Å². The van der Waals surface area contributed by atoms with Crippen molar-refractivity contribution < 1.29 is 4.74 Å². The molecule has 0 amide bonds. The first-order valence-electron chi connectivity index (χ1n) is 11.6. The van der Waals surface area contributed by atoms with Gasteiger partial charge < -0.3 is 4.74 Å². The quantitative estimate of drug-likeness (QED) is 0.367. The Morgan fingerprint density at radius 1 is 0.710 bits per heavy atom. The fourth-order valence-corrected chi connectivity index (χ4v) is 4.42. The molecule has 3 aromatic rings. The average Bonchev–Trinajstić information content (AvgIpc) is 2.85. The zero-order chi connectivity index (χ0) is 21.3. The third kappa shape index (κ3) is 5.86. The zero-order valence-corrected chi connectivity index (χ0v) is 18.6. The number of likely N-dealkylation sites (tertiary alicyclic amines) is 1. The summed E-state index contributed by atoms with van der Waals surface area (Å²) < 4.78 is 6.08. The maximum absolute atomic E-state index is 6.08. The minimum absolute atomic E-state index is 0.691. The molecule has 31 heavy (non-hydrogen) atoms. The predicted octanol–water partition coefficient (Wildman–Crippen LogP) is 7.07. The summed E-state index contributed by atoms with van der Waals surface area (Å²) >= 11 is 0.